The number of esters is 1. The predicted octanol–water partition coefficient (Wildman–Crippen LogP) is 2.81. The van der Waals surface area contributed by atoms with Gasteiger partial charge in [0.05, 0.1) is 17.8 Å². The van der Waals surface area contributed by atoms with E-state index in [4.69, 9.17) is 35.7 Å². The fraction of sp³-hybridized carbons (Fsp3) is 0.417. The van der Waals surface area contributed by atoms with Gasteiger partial charge in [-0.15, -0.1) is 6.58 Å². The molecule has 4 rings (SSSR count). The molecule has 0 bridgehead atoms. The van der Waals surface area contributed by atoms with Gasteiger partial charge in [0.25, 0.3) is 10.1 Å². The Kier molecular flexibility index (Phi) is 7.77. The van der Waals surface area contributed by atoms with Gasteiger partial charge in [-0.25, -0.2) is 4.98 Å². The summed E-state index contributed by atoms with van der Waals surface area (Å²) in [4.78, 5) is 24.5. The van der Waals surface area contributed by atoms with Crippen molar-refractivity contribution in [2.24, 2.45) is 5.92 Å². The van der Waals surface area contributed by atoms with E-state index in [9.17, 15) is 13.2 Å². The van der Waals surface area contributed by atoms with Crippen molar-refractivity contribution in [3.8, 4) is 0 Å². The normalized spacial score (nSPS) is 24.4. The van der Waals surface area contributed by atoms with Gasteiger partial charge in [0.2, 0.25) is 5.95 Å². The van der Waals surface area contributed by atoms with Gasteiger partial charge in [-0.05, 0) is 19.1 Å². The Bertz CT molecular complexity index is 1460. The molecule has 5 atom stereocenters. The van der Waals surface area contributed by atoms with Crippen molar-refractivity contribution in [1.29, 1.82) is 0 Å². The van der Waals surface area contributed by atoms with Crippen LogP contribution in [0, 0.1) is 12.8 Å². The lowest BCUT2D eigenvalue weighted by molar-refractivity contribution is -0.156. The lowest BCUT2D eigenvalue weighted by atomic mass is 9.83. The van der Waals surface area contributed by atoms with E-state index < -0.39 is 52.6 Å². The molecular formula is C24H28ClN5O7S. The van der Waals surface area contributed by atoms with E-state index in [-0.39, 0.29) is 27.2 Å². The molecule has 1 fully saturated rings. The minimum atomic E-state index is -4.19. The van der Waals surface area contributed by atoms with Crippen LogP contribution >= 0.6 is 11.6 Å². The first kappa shape index (κ1) is 27.9. The molecule has 2 aromatic heterocycles. The van der Waals surface area contributed by atoms with Crippen molar-refractivity contribution < 1.29 is 31.6 Å². The molecule has 204 valence electrons. The van der Waals surface area contributed by atoms with E-state index >= 15 is 0 Å². The van der Waals surface area contributed by atoms with Crippen LogP contribution in [0.15, 0.2) is 48.1 Å². The average Bonchev–Trinajstić information content (AvgIpc) is 3.41. The van der Waals surface area contributed by atoms with Crippen molar-refractivity contribution in [2.75, 3.05) is 19.5 Å². The minimum Gasteiger partial charge on any atom is -0.455 e. The zero-order chi connectivity index (χ0) is 27.8. The number of nitrogen functional groups attached to an aromatic ring is 1. The number of aromatic nitrogens is 4. The van der Waals surface area contributed by atoms with Crippen LogP contribution in [-0.2, 0) is 33.3 Å². The molecule has 0 radical (unpaired) electrons. The molecule has 1 aliphatic rings. The maximum atomic E-state index is 13.1. The lowest BCUT2D eigenvalue weighted by Gasteiger charge is -2.37. The van der Waals surface area contributed by atoms with Crippen LogP contribution in [0.25, 0.3) is 11.2 Å². The number of aryl methyl sites for hydroxylation is 1. The summed E-state index contributed by atoms with van der Waals surface area (Å²) in [6.45, 7) is 8.22. The Morgan fingerprint density at radius 1 is 1.34 bits per heavy atom. The van der Waals surface area contributed by atoms with Crippen molar-refractivity contribution >= 4 is 44.8 Å². The quantitative estimate of drug-likeness (QED) is 0.176. The van der Waals surface area contributed by atoms with Crippen molar-refractivity contribution in [2.45, 2.75) is 49.7 Å². The van der Waals surface area contributed by atoms with E-state index in [0.29, 0.717) is 0 Å². The van der Waals surface area contributed by atoms with Crippen LogP contribution in [0.1, 0.15) is 25.6 Å². The molecule has 1 aliphatic heterocycles. The van der Waals surface area contributed by atoms with Gasteiger partial charge in [-0.1, -0.05) is 42.3 Å². The summed E-state index contributed by atoms with van der Waals surface area (Å²) in [7, 11) is -2.79. The van der Waals surface area contributed by atoms with Gasteiger partial charge < -0.3 is 19.9 Å². The zero-order valence-corrected chi connectivity index (χ0v) is 22.8. The van der Waals surface area contributed by atoms with Gasteiger partial charge in [0.15, 0.2) is 23.1 Å². The first-order valence-corrected chi connectivity index (χ1v) is 13.3. The van der Waals surface area contributed by atoms with Crippen LogP contribution in [0.4, 0.5) is 5.95 Å². The summed E-state index contributed by atoms with van der Waals surface area (Å²) >= 11 is 6.20. The first-order chi connectivity index (χ1) is 17.9. The average molecular weight is 566 g/mol. The van der Waals surface area contributed by atoms with Crippen LogP contribution in [0.5, 0.6) is 0 Å². The number of ether oxygens (including phenoxy) is 3. The number of nitrogens with zero attached hydrogens (tertiary/aromatic N) is 4. The van der Waals surface area contributed by atoms with Gasteiger partial charge >= 0.3 is 5.97 Å². The number of benzene rings is 1. The SMILES string of the molecule is C=C[C@H](C)[C@@]1(COS(=O)(=O)c2ccc(C)cc2)O[C@@H](n2cnc3c(Cl)nc(N)nc32)[C@H](OC(C)=O)[C@@H]1OC. The number of imidazole rings is 1. The Balaban J connectivity index is 1.80. The van der Waals surface area contributed by atoms with E-state index in [2.05, 4.69) is 21.5 Å². The highest BCUT2D eigenvalue weighted by molar-refractivity contribution is 7.86. The Hall–Kier alpha value is -3.10. The van der Waals surface area contributed by atoms with Gasteiger partial charge in [0, 0.05) is 20.0 Å². The highest BCUT2D eigenvalue weighted by Gasteiger charge is 2.61. The van der Waals surface area contributed by atoms with E-state index in [1.54, 1.807) is 25.1 Å². The Morgan fingerprint density at radius 2 is 2.03 bits per heavy atom. The van der Waals surface area contributed by atoms with Crippen molar-refractivity contribution in [3.05, 3.63) is 54.0 Å². The maximum absolute atomic E-state index is 13.1. The molecule has 12 nitrogen and oxygen atoms in total. The number of nitrogens with two attached hydrogens (primary N) is 1. The fourth-order valence-electron chi connectivity index (χ4n) is 4.49. The van der Waals surface area contributed by atoms with Crippen LogP contribution in [0.3, 0.4) is 0 Å². The number of fused-ring (bicyclic) bond motifs is 1. The molecule has 0 saturated carbocycles. The molecule has 0 spiro atoms. The lowest BCUT2D eigenvalue weighted by Crippen LogP contribution is -2.53. The summed E-state index contributed by atoms with van der Waals surface area (Å²) < 4.78 is 51.1. The number of carbonyl (C=O) groups is 1. The number of anilines is 1. The van der Waals surface area contributed by atoms with Crippen molar-refractivity contribution in [1.82, 2.24) is 19.5 Å². The summed E-state index contributed by atoms with van der Waals surface area (Å²) in [5, 5.41) is 0.0230. The Morgan fingerprint density at radius 3 is 2.63 bits per heavy atom. The third-order valence-corrected chi connectivity index (χ3v) is 8.04. The van der Waals surface area contributed by atoms with Crippen LogP contribution < -0.4 is 5.73 Å². The number of carbonyl (C=O) groups excluding carboxylic acids is 1. The fourth-order valence-corrected chi connectivity index (χ4v) is 5.65. The molecule has 0 unspecified atom stereocenters. The topological polar surface area (TPSA) is 158 Å². The second kappa shape index (κ2) is 10.6. The van der Waals surface area contributed by atoms with E-state index in [0.717, 1.165) is 5.56 Å². The molecule has 14 heteroatoms. The number of methoxy groups -OCH3 is 1. The standard InChI is InChI=1S/C24H28ClN5O7S/c1-6-14(3)24(11-35-38(32,33)16-9-7-13(2)8-10-16)19(34-5)18(36-15(4)31)22(37-24)30-12-27-17-20(25)28-23(26)29-21(17)30/h6-10,12,14,18-19,22H,1,11H2,2-5H3,(H2,26,28,29)/t14-,18+,19-,22+,24+/m0/s1. The number of hydrogen-bond acceptors (Lipinski definition) is 11. The molecule has 3 heterocycles. The third-order valence-electron chi connectivity index (χ3n) is 6.50. The Labute approximate surface area is 224 Å². The number of halogens is 1. The first-order valence-electron chi connectivity index (χ1n) is 11.6. The number of hydrogen-bond donors (Lipinski definition) is 1. The summed E-state index contributed by atoms with van der Waals surface area (Å²) in [5.41, 5.74) is 5.68. The molecule has 1 aromatic carbocycles. The van der Waals surface area contributed by atoms with E-state index in [1.807, 2.05) is 6.92 Å². The van der Waals surface area contributed by atoms with Gasteiger partial charge in [-0.2, -0.15) is 18.4 Å². The molecule has 3 aromatic rings. The summed E-state index contributed by atoms with van der Waals surface area (Å²) in [6, 6.07) is 6.23. The molecule has 38 heavy (non-hydrogen) atoms. The van der Waals surface area contributed by atoms with Crippen LogP contribution in [-0.4, -0.2) is 65.4 Å². The second-order valence-electron chi connectivity index (χ2n) is 8.94. The predicted molar refractivity (Wildman–Crippen MR) is 138 cm³/mol. The summed E-state index contributed by atoms with van der Waals surface area (Å²) in [5.74, 6) is -1.26. The van der Waals surface area contributed by atoms with E-state index in [1.165, 1.54) is 37.1 Å². The zero-order valence-electron chi connectivity index (χ0n) is 21.2. The number of rotatable bonds is 9. The highest BCUT2D eigenvalue weighted by atomic mass is 35.5. The van der Waals surface area contributed by atoms with Gasteiger partial charge in [0.1, 0.15) is 17.2 Å². The summed E-state index contributed by atoms with van der Waals surface area (Å²) in [6.07, 6.45) is -0.184. The van der Waals surface area contributed by atoms with Crippen molar-refractivity contribution in [3.63, 3.8) is 0 Å². The largest absolute Gasteiger partial charge is 0.455 e. The molecule has 0 amide bonds. The molecule has 0 aliphatic carbocycles. The molecule has 1 saturated heterocycles. The molecule has 2 N–H and O–H groups in total. The second-order valence-corrected chi connectivity index (χ2v) is 10.9. The van der Waals surface area contributed by atoms with Gasteiger partial charge in [-0.3, -0.25) is 13.5 Å². The minimum absolute atomic E-state index is 0.0213. The smallest absolute Gasteiger partial charge is 0.303 e. The maximum Gasteiger partial charge on any atom is 0.303 e. The molecular weight excluding hydrogens is 538 g/mol. The highest BCUT2D eigenvalue weighted by Crippen LogP contribution is 2.46. The monoisotopic (exact) mass is 565 g/mol. The third kappa shape index (κ3) is 4.99. The van der Waals surface area contributed by atoms with Crippen LogP contribution in [0.2, 0.25) is 5.15 Å².